The van der Waals surface area contributed by atoms with E-state index in [9.17, 15) is 4.79 Å². The highest BCUT2D eigenvalue weighted by Gasteiger charge is 2.16. The number of halogens is 1. The Morgan fingerprint density at radius 3 is 2.72 bits per heavy atom. The Balaban J connectivity index is 2.07. The van der Waals surface area contributed by atoms with E-state index in [2.05, 4.69) is 26.0 Å². The molecule has 1 aromatic rings. The number of nitrogens with one attached hydrogen (secondary N) is 1. The molecule has 5 heteroatoms. The lowest BCUT2D eigenvalue weighted by Gasteiger charge is -2.24. The summed E-state index contributed by atoms with van der Waals surface area (Å²) in [6, 6.07) is 5.24. The van der Waals surface area contributed by atoms with E-state index in [1.807, 2.05) is 0 Å². The van der Waals surface area contributed by atoms with Gasteiger partial charge in [-0.3, -0.25) is 0 Å². The lowest BCUT2D eigenvalue weighted by Crippen LogP contribution is -2.34. The minimum absolute atomic E-state index is 0.242. The van der Waals surface area contributed by atoms with Gasteiger partial charge in [0.1, 0.15) is 11.9 Å². The molecule has 0 bridgehead atoms. The molecule has 0 spiro atoms. The fraction of sp³-hybridized carbons (Fsp3) is 0.462. The molecule has 0 aromatic heterocycles. The molecule has 0 saturated carbocycles. The van der Waals surface area contributed by atoms with Crippen LogP contribution in [-0.4, -0.2) is 32.3 Å². The molecule has 1 fully saturated rings. The Labute approximate surface area is 115 Å². The van der Waals surface area contributed by atoms with Gasteiger partial charge in [-0.05, 0) is 60.1 Å². The van der Waals surface area contributed by atoms with Gasteiger partial charge in [-0.15, -0.1) is 0 Å². The van der Waals surface area contributed by atoms with Crippen LogP contribution in [0.15, 0.2) is 22.7 Å². The van der Waals surface area contributed by atoms with Crippen LogP contribution in [0, 0.1) is 0 Å². The van der Waals surface area contributed by atoms with Crippen LogP contribution in [0.25, 0.3) is 0 Å². The number of carbonyl (C=O) groups is 1. The summed E-state index contributed by atoms with van der Waals surface area (Å²) in [5, 5.41) is 3.29. The molecule has 0 aliphatic carbocycles. The van der Waals surface area contributed by atoms with Gasteiger partial charge in [-0.1, -0.05) is 0 Å². The van der Waals surface area contributed by atoms with E-state index in [1.165, 1.54) is 7.11 Å². The van der Waals surface area contributed by atoms with Crippen LogP contribution in [0.4, 0.5) is 0 Å². The van der Waals surface area contributed by atoms with Crippen LogP contribution in [0.1, 0.15) is 23.2 Å². The summed E-state index contributed by atoms with van der Waals surface area (Å²) < 4.78 is 11.4. The molecule has 1 N–H and O–H groups in total. The first-order valence-corrected chi connectivity index (χ1v) is 6.75. The standard InChI is InChI=1S/C13H16BrNO3/c1-17-13(16)9-2-3-12(11(14)8-9)18-10-4-6-15-7-5-10/h2-3,8,10,15H,4-7H2,1H3. The van der Waals surface area contributed by atoms with Crippen LogP contribution >= 0.6 is 15.9 Å². The fourth-order valence-corrected chi connectivity index (χ4v) is 2.41. The molecule has 1 aliphatic rings. The van der Waals surface area contributed by atoms with Gasteiger partial charge in [0.2, 0.25) is 0 Å². The van der Waals surface area contributed by atoms with Crippen LogP contribution in [-0.2, 0) is 4.74 Å². The highest BCUT2D eigenvalue weighted by atomic mass is 79.9. The summed E-state index contributed by atoms with van der Waals surface area (Å²) in [5.74, 6) is 0.429. The van der Waals surface area contributed by atoms with Crippen molar-refractivity contribution in [2.24, 2.45) is 0 Å². The molecular formula is C13H16BrNO3. The van der Waals surface area contributed by atoms with Crippen molar-refractivity contribution in [3.8, 4) is 5.75 Å². The fourth-order valence-electron chi connectivity index (χ4n) is 1.93. The SMILES string of the molecule is COC(=O)c1ccc(OC2CCNCC2)c(Br)c1. The first-order valence-electron chi connectivity index (χ1n) is 5.96. The average Bonchev–Trinajstić information content (AvgIpc) is 2.41. The van der Waals surface area contributed by atoms with Gasteiger partial charge in [0, 0.05) is 0 Å². The van der Waals surface area contributed by atoms with Crippen LogP contribution in [0.2, 0.25) is 0 Å². The highest BCUT2D eigenvalue weighted by molar-refractivity contribution is 9.10. The van der Waals surface area contributed by atoms with Crippen molar-refractivity contribution in [1.29, 1.82) is 0 Å². The van der Waals surface area contributed by atoms with Crippen molar-refractivity contribution in [1.82, 2.24) is 5.32 Å². The summed E-state index contributed by atoms with van der Waals surface area (Å²) in [6.45, 7) is 1.98. The molecule has 1 aromatic carbocycles. The maximum atomic E-state index is 11.4. The Bertz CT molecular complexity index is 430. The molecule has 1 aliphatic heterocycles. The molecule has 2 rings (SSSR count). The van der Waals surface area contributed by atoms with Gasteiger partial charge >= 0.3 is 5.97 Å². The summed E-state index contributed by atoms with van der Waals surface area (Å²) >= 11 is 3.42. The monoisotopic (exact) mass is 313 g/mol. The van der Waals surface area contributed by atoms with Crippen molar-refractivity contribution in [2.75, 3.05) is 20.2 Å². The minimum atomic E-state index is -0.343. The van der Waals surface area contributed by atoms with Crippen LogP contribution < -0.4 is 10.1 Å². The number of hydrogen-bond donors (Lipinski definition) is 1. The van der Waals surface area contributed by atoms with E-state index in [0.29, 0.717) is 5.56 Å². The van der Waals surface area contributed by atoms with Crippen molar-refractivity contribution in [3.63, 3.8) is 0 Å². The van der Waals surface area contributed by atoms with E-state index < -0.39 is 0 Å². The number of piperidine rings is 1. The van der Waals surface area contributed by atoms with Crippen LogP contribution in [0.5, 0.6) is 5.75 Å². The molecule has 1 heterocycles. The van der Waals surface area contributed by atoms with Crippen molar-refractivity contribution < 1.29 is 14.3 Å². The number of carbonyl (C=O) groups excluding carboxylic acids is 1. The average molecular weight is 314 g/mol. The second-order valence-electron chi connectivity index (χ2n) is 4.20. The number of rotatable bonds is 3. The highest BCUT2D eigenvalue weighted by Crippen LogP contribution is 2.28. The van der Waals surface area contributed by atoms with Crippen molar-refractivity contribution in [3.05, 3.63) is 28.2 Å². The first-order chi connectivity index (χ1) is 8.70. The smallest absolute Gasteiger partial charge is 0.337 e. The quantitative estimate of drug-likeness (QED) is 0.870. The number of methoxy groups -OCH3 is 1. The molecule has 0 radical (unpaired) electrons. The zero-order chi connectivity index (χ0) is 13.0. The second-order valence-corrected chi connectivity index (χ2v) is 5.06. The van der Waals surface area contributed by atoms with Gasteiger partial charge in [0.15, 0.2) is 0 Å². The summed E-state index contributed by atoms with van der Waals surface area (Å²) in [4.78, 5) is 11.4. The summed E-state index contributed by atoms with van der Waals surface area (Å²) in [7, 11) is 1.37. The lowest BCUT2D eigenvalue weighted by atomic mass is 10.1. The summed E-state index contributed by atoms with van der Waals surface area (Å²) in [5.41, 5.74) is 0.516. The zero-order valence-corrected chi connectivity index (χ0v) is 11.8. The minimum Gasteiger partial charge on any atom is -0.489 e. The predicted molar refractivity (Wildman–Crippen MR) is 72.0 cm³/mol. The van der Waals surface area contributed by atoms with Gasteiger partial charge in [0.25, 0.3) is 0 Å². The Hall–Kier alpha value is -1.07. The molecule has 0 unspecified atom stereocenters. The van der Waals surface area contributed by atoms with E-state index in [4.69, 9.17) is 4.74 Å². The molecule has 98 valence electrons. The maximum absolute atomic E-state index is 11.4. The number of benzene rings is 1. The van der Waals surface area contributed by atoms with E-state index in [1.54, 1.807) is 18.2 Å². The largest absolute Gasteiger partial charge is 0.489 e. The first kappa shape index (κ1) is 13.4. The van der Waals surface area contributed by atoms with E-state index in [-0.39, 0.29) is 12.1 Å². The van der Waals surface area contributed by atoms with E-state index >= 15 is 0 Å². The zero-order valence-electron chi connectivity index (χ0n) is 10.2. The van der Waals surface area contributed by atoms with Crippen LogP contribution in [0.3, 0.4) is 0 Å². The van der Waals surface area contributed by atoms with Gasteiger partial charge in [-0.2, -0.15) is 0 Å². The van der Waals surface area contributed by atoms with Crippen molar-refractivity contribution >= 4 is 21.9 Å². The van der Waals surface area contributed by atoms with Gasteiger partial charge < -0.3 is 14.8 Å². The second kappa shape index (κ2) is 6.20. The number of hydrogen-bond acceptors (Lipinski definition) is 4. The number of ether oxygens (including phenoxy) is 2. The molecule has 4 nitrogen and oxygen atoms in total. The topological polar surface area (TPSA) is 47.6 Å². The predicted octanol–water partition coefficient (Wildman–Crippen LogP) is 2.37. The Kier molecular flexibility index (Phi) is 4.60. The number of esters is 1. The molecule has 0 amide bonds. The van der Waals surface area contributed by atoms with Gasteiger partial charge in [0.05, 0.1) is 17.1 Å². The molecule has 1 saturated heterocycles. The molecule has 18 heavy (non-hydrogen) atoms. The molecular weight excluding hydrogens is 298 g/mol. The van der Waals surface area contributed by atoms with Gasteiger partial charge in [-0.25, -0.2) is 4.79 Å². The lowest BCUT2D eigenvalue weighted by molar-refractivity contribution is 0.0600. The Morgan fingerprint density at radius 2 is 2.11 bits per heavy atom. The Morgan fingerprint density at radius 1 is 1.39 bits per heavy atom. The third kappa shape index (κ3) is 3.23. The summed E-state index contributed by atoms with van der Waals surface area (Å²) in [6.07, 6.45) is 2.25. The molecule has 0 atom stereocenters. The van der Waals surface area contributed by atoms with E-state index in [0.717, 1.165) is 36.2 Å². The maximum Gasteiger partial charge on any atom is 0.337 e. The normalized spacial score (nSPS) is 16.3. The third-order valence-corrected chi connectivity index (χ3v) is 3.55. The van der Waals surface area contributed by atoms with Crippen molar-refractivity contribution in [2.45, 2.75) is 18.9 Å². The third-order valence-electron chi connectivity index (χ3n) is 2.93.